The van der Waals surface area contributed by atoms with Crippen LogP contribution in [0.3, 0.4) is 0 Å². The molecular weight excluding hydrogens is 697 g/mol. The number of pyridine rings is 2. The molecule has 5 aromatic rings. The molecule has 0 unspecified atom stereocenters. The van der Waals surface area contributed by atoms with E-state index in [9.17, 15) is 8.42 Å². The fraction of sp³-hybridized carbons (Fsp3) is 0.125. The fourth-order valence-corrected chi connectivity index (χ4v) is 6.95. The summed E-state index contributed by atoms with van der Waals surface area (Å²) in [4.78, 5) is 9.61. The summed E-state index contributed by atoms with van der Waals surface area (Å²) in [5.74, 6) is 0. The second-order valence-corrected chi connectivity index (χ2v) is 17.3. The third-order valence-electron chi connectivity index (χ3n) is 6.47. The third-order valence-corrected chi connectivity index (χ3v) is 10.4. The number of hydrogen-bond acceptors (Lipinski definition) is 4. The Morgan fingerprint density at radius 1 is 0.718 bits per heavy atom. The van der Waals surface area contributed by atoms with Gasteiger partial charge in [0, 0.05) is 32.5 Å². The van der Waals surface area contributed by atoms with Gasteiger partial charge in [0.1, 0.15) is 0 Å². The number of hydrogen-bond donors (Lipinski definition) is 0. The van der Waals surface area contributed by atoms with Crippen LogP contribution in [0.1, 0.15) is 5.56 Å². The van der Waals surface area contributed by atoms with Gasteiger partial charge in [-0.1, -0.05) is 67.7 Å². The summed E-state index contributed by atoms with van der Waals surface area (Å²) in [5.41, 5.74) is 6.32. The largest absolute Gasteiger partial charge is 0.305 e. The van der Waals surface area contributed by atoms with Crippen LogP contribution in [0.4, 0.5) is 0 Å². The minimum atomic E-state index is -3.44. The Morgan fingerprint density at radius 3 is 2.05 bits per heavy atom. The molecule has 7 heteroatoms. The van der Waals surface area contributed by atoms with Crippen LogP contribution in [0.2, 0.25) is 19.6 Å². The Bertz CT molecular complexity index is 1700. The van der Waals surface area contributed by atoms with Gasteiger partial charge in [-0.3, -0.25) is 0 Å². The molecule has 0 aliphatic carbocycles. The summed E-state index contributed by atoms with van der Waals surface area (Å²) in [6.07, 6.45) is 3.81. The molecule has 0 fully saturated rings. The van der Waals surface area contributed by atoms with Crippen molar-refractivity contribution in [3.05, 3.63) is 115 Å². The summed E-state index contributed by atoms with van der Waals surface area (Å²) in [7, 11) is -4.83. The zero-order valence-electron chi connectivity index (χ0n) is 22.2. The Kier molecular flexibility index (Phi) is 8.47. The van der Waals surface area contributed by atoms with Gasteiger partial charge in [-0.05, 0) is 45.6 Å². The van der Waals surface area contributed by atoms with Gasteiger partial charge in [0.25, 0.3) is 0 Å². The SMILES string of the molecule is C[Si](C)(C)c1ccc(-c2[c-]cc3c(c2)-c2ccccc2S3(=O)=O)nc1.Cc1ccc(-c2[c-]cccc2)nc1.[Ir]. The molecule has 6 rings (SSSR count). The molecular formula is C32H28IrN2O2SSi-2. The van der Waals surface area contributed by atoms with Gasteiger partial charge in [0.05, 0.1) is 13.0 Å². The minimum absolute atomic E-state index is 0. The van der Waals surface area contributed by atoms with Crippen LogP contribution in [0.25, 0.3) is 33.6 Å². The maximum Gasteiger partial charge on any atom is 0.173 e. The first kappa shape index (κ1) is 28.8. The first-order valence-electron chi connectivity index (χ1n) is 12.4. The van der Waals surface area contributed by atoms with E-state index in [0.29, 0.717) is 9.79 Å². The molecule has 4 nitrogen and oxygen atoms in total. The van der Waals surface area contributed by atoms with Crippen LogP contribution in [0, 0.1) is 19.1 Å². The van der Waals surface area contributed by atoms with Gasteiger partial charge in [0.15, 0.2) is 9.84 Å². The van der Waals surface area contributed by atoms with E-state index in [4.69, 9.17) is 0 Å². The Labute approximate surface area is 245 Å². The standard InChI is InChI=1S/C20H18NO2SSi.C12H10N.Ir/c1-25(2,3)15-9-10-18(21-13-15)14-8-11-20-17(12-14)16-6-4-5-7-19(16)24(20,22)23;1-10-7-8-12(13-9-10)11-5-3-2-4-6-11;/h4-7,9-13H,1-3H3;2-5,7-9H,1H3;/q2*-1;. The molecule has 2 aromatic heterocycles. The first-order valence-corrected chi connectivity index (χ1v) is 17.4. The number of benzene rings is 3. The summed E-state index contributed by atoms with van der Waals surface area (Å²) in [6.45, 7) is 8.89. The molecule has 199 valence electrons. The molecule has 0 saturated heterocycles. The van der Waals surface area contributed by atoms with Gasteiger partial charge in [-0.15, -0.1) is 59.7 Å². The van der Waals surface area contributed by atoms with Gasteiger partial charge < -0.3 is 9.97 Å². The average molecular weight is 725 g/mol. The van der Waals surface area contributed by atoms with E-state index in [-0.39, 0.29) is 20.1 Å². The predicted octanol–water partition coefficient (Wildman–Crippen LogP) is 6.76. The van der Waals surface area contributed by atoms with Crippen molar-refractivity contribution in [2.45, 2.75) is 36.4 Å². The second kappa shape index (κ2) is 11.5. The second-order valence-electron chi connectivity index (χ2n) is 10.3. The van der Waals surface area contributed by atoms with Crippen LogP contribution < -0.4 is 5.19 Å². The van der Waals surface area contributed by atoms with Crippen LogP contribution >= 0.6 is 0 Å². The quantitative estimate of drug-likeness (QED) is 0.150. The van der Waals surface area contributed by atoms with Crippen LogP contribution in [-0.4, -0.2) is 26.5 Å². The Hall–Kier alpha value is -3.22. The van der Waals surface area contributed by atoms with Crippen LogP contribution in [0.15, 0.2) is 107 Å². The average Bonchev–Trinajstić information content (AvgIpc) is 3.16. The van der Waals surface area contributed by atoms with Crippen LogP contribution in [-0.2, 0) is 29.9 Å². The molecule has 0 N–H and O–H groups in total. The molecule has 0 spiro atoms. The van der Waals surface area contributed by atoms with Crippen molar-refractivity contribution in [3.8, 4) is 33.6 Å². The summed E-state index contributed by atoms with van der Waals surface area (Å²) >= 11 is 0. The molecule has 0 amide bonds. The summed E-state index contributed by atoms with van der Waals surface area (Å²) < 4.78 is 25.3. The maximum atomic E-state index is 12.6. The normalized spacial score (nSPS) is 12.8. The zero-order valence-corrected chi connectivity index (χ0v) is 26.4. The van der Waals surface area contributed by atoms with Crippen molar-refractivity contribution in [2.24, 2.45) is 0 Å². The Morgan fingerprint density at radius 2 is 1.41 bits per heavy atom. The number of rotatable bonds is 3. The van der Waals surface area contributed by atoms with E-state index >= 15 is 0 Å². The predicted molar refractivity (Wildman–Crippen MR) is 156 cm³/mol. The molecule has 3 heterocycles. The number of aryl methyl sites for hydroxylation is 1. The third kappa shape index (κ3) is 6.02. The summed E-state index contributed by atoms with van der Waals surface area (Å²) in [5, 5.41) is 1.30. The van der Waals surface area contributed by atoms with E-state index < -0.39 is 17.9 Å². The summed E-state index contributed by atoms with van der Waals surface area (Å²) in [6, 6.07) is 32.9. The van der Waals surface area contributed by atoms with Gasteiger partial charge in [0.2, 0.25) is 0 Å². The molecule has 3 aromatic carbocycles. The van der Waals surface area contributed by atoms with E-state index in [0.717, 1.165) is 33.6 Å². The Balaban J connectivity index is 0.000000213. The molecule has 1 aliphatic heterocycles. The van der Waals surface area contributed by atoms with Crippen molar-refractivity contribution >= 4 is 23.1 Å². The van der Waals surface area contributed by atoms with E-state index in [2.05, 4.69) is 53.9 Å². The fourth-order valence-electron chi connectivity index (χ4n) is 4.28. The monoisotopic (exact) mass is 725 g/mol. The topological polar surface area (TPSA) is 59.9 Å². The van der Waals surface area contributed by atoms with Crippen molar-refractivity contribution in [1.29, 1.82) is 0 Å². The molecule has 1 aliphatic rings. The molecule has 1 radical (unpaired) electrons. The van der Waals surface area contributed by atoms with Crippen molar-refractivity contribution < 1.29 is 28.5 Å². The van der Waals surface area contributed by atoms with Gasteiger partial charge in [-0.2, -0.15) is 0 Å². The van der Waals surface area contributed by atoms with E-state index in [1.807, 2.05) is 73.9 Å². The first-order chi connectivity index (χ1) is 18.1. The number of aromatic nitrogens is 2. The number of nitrogens with zero attached hydrogens (tertiary/aromatic N) is 2. The van der Waals surface area contributed by atoms with E-state index in [1.165, 1.54) is 10.8 Å². The zero-order chi connectivity index (χ0) is 26.9. The minimum Gasteiger partial charge on any atom is -0.305 e. The molecule has 0 bridgehead atoms. The molecule has 0 saturated carbocycles. The van der Waals surface area contributed by atoms with Gasteiger partial charge in [-0.25, -0.2) is 8.42 Å². The van der Waals surface area contributed by atoms with E-state index in [1.54, 1.807) is 18.2 Å². The van der Waals surface area contributed by atoms with Crippen LogP contribution in [0.5, 0.6) is 0 Å². The van der Waals surface area contributed by atoms with Crippen molar-refractivity contribution in [2.75, 3.05) is 0 Å². The molecule has 39 heavy (non-hydrogen) atoms. The van der Waals surface area contributed by atoms with Crippen molar-refractivity contribution in [1.82, 2.24) is 9.97 Å². The number of sulfone groups is 1. The maximum absolute atomic E-state index is 12.6. The van der Waals surface area contributed by atoms with Gasteiger partial charge >= 0.3 is 0 Å². The number of fused-ring (bicyclic) bond motifs is 3. The van der Waals surface area contributed by atoms with Crippen molar-refractivity contribution in [3.63, 3.8) is 0 Å². The smallest absolute Gasteiger partial charge is 0.173 e. The molecule has 0 atom stereocenters.